The Hall–Kier alpha value is -3.13. The van der Waals surface area contributed by atoms with Gasteiger partial charge in [-0.05, 0) is 62.8 Å². The Labute approximate surface area is 212 Å². The molecule has 8 nitrogen and oxygen atoms in total. The largest absolute Gasteiger partial charge is 0.492 e. The molecule has 0 unspecified atom stereocenters. The predicted octanol–water partition coefficient (Wildman–Crippen LogP) is 3.77. The first-order chi connectivity index (χ1) is 17.5. The Morgan fingerprint density at radius 3 is 2.72 bits per heavy atom. The zero-order valence-electron chi connectivity index (χ0n) is 20.9. The van der Waals surface area contributed by atoms with Gasteiger partial charge >= 0.3 is 0 Å². The summed E-state index contributed by atoms with van der Waals surface area (Å²) in [4.78, 5) is 34.4. The van der Waals surface area contributed by atoms with Gasteiger partial charge in [0.05, 0.1) is 24.8 Å². The number of ether oxygens (including phenoxy) is 2. The standard InChI is InChI=1S/C28H36N4O4/c29-25-18-21(9-13-30-25)26(33)31-15-11-28(12-16-31)10-3-4-17-35-19-22-6-5-14-32(22)27(34)23-7-1-2-8-24(23)36-20-28/h1-2,7-9,13,18,22H,3-6,10-12,14-17,19-20H2,(H2,29,30)/t22-/m0/s1. The molecule has 0 radical (unpaired) electrons. The van der Waals surface area contributed by atoms with Gasteiger partial charge in [-0.2, -0.15) is 0 Å². The summed E-state index contributed by atoms with van der Waals surface area (Å²) in [7, 11) is 0. The molecule has 36 heavy (non-hydrogen) atoms. The van der Waals surface area contributed by atoms with E-state index in [9.17, 15) is 9.59 Å². The van der Waals surface area contributed by atoms with Gasteiger partial charge < -0.3 is 25.0 Å². The van der Waals surface area contributed by atoms with Gasteiger partial charge in [0.15, 0.2) is 0 Å². The molecular formula is C28H36N4O4. The molecule has 2 aromatic rings. The van der Waals surface area contributed by atoms with Crippen molar-refractivity contribution >= 4 is 17.6 Å². The molecule has 1 atom stereocenters. The number of amides is 2. The highest BCUT2D eigenvalue weighted by atomic mass is 16.5. The van der Waals surface area contributed by atoms with Crippen LogP contribution in [0.3, 0.4) is 0 Å². The van der Waals surface area contributed by atoms with E-state index in [1.54, 1.807) is 18.3 Å². The van der Waals surface area contributed by atoms with Crippen molar-refractivity contribution in [2.75, 3.05) is 45.2 Å². The quantitative estimate of drug-likeness (QED) is 0.651. The average molecular weight is 493 g/mol. The number of rotatable bonds is 1. The fourth-order valence-corrected chi connectivity index (χ4v) is 5.77. The van der Waals surface area contributed by atoms with E-state index in [0.29, 0.717) is 55.6 Å². The van der Waals surface area contributed by atoms with E-state index in [1.807, 2.05) is 34.1 Å². The number of carbonyl (C=O) groups is 2. The number of hydrogen-bond donors (Lipinski definition) is 1. The summed E-state index contributed by atoms with van der Waals surface area (Å²) < 4.78 is 12.5. The SMILES string of the molecule is Nc1cc(C(=O)N2CCC3(CCCCOC[C@@H]4CCCN4C(=O)c4ccccc4OC3)CC2)ccn1. The number of piperidine rings is 1. The highest BCUT2D eigenvalue weighted by Crippen LogP contribution is 2.38. The van der Waals surface area contributed by atoms with Crippen LogP contribution in [0.1, 0.15) is 65.7 Å². The van der Waals surface area contributed by atoms with Crippen LogP contribution in [0.15, 0.2) is 42.6 Å². The van der Waals surface area contributed by atoms with Crippen LogP contribution in [0.25, 0.3) is 0 Å². The molecule has 8 heteroatoms. The summed E-state index contributed by atoms with van der Waals surface area (Å²) in [6.45, 7) is 3.93. The van der Waals surface area contributed by atoms with Crippen LogP contribution in [0.5, 0.6) is 5.75 Å². The van der Waals surface area contributed by atoms with Crippen LogP contribution in [0.4, 0.5) is 5.82 Å². The highest BCUT2D eigenvalue weighted by molar-refractivity contribution is 5.97. The minimum atomic E-state index is -0.0511. The Morgan fingerprint density at radius 2 is 1.89 bits per heavy atom. The van der Waals surface area contributed by atoms with Crippen LogP contribution >= 0.6 is 0 Å². The molecule has 0 aliphatic carbocycles. The second-order valence-corrected chi connectivity index (χ2v) is 10.4. The summed E-state index contributed by atoms with van der Waals surface area (Å²) in [5.41, 5.74) is 6.93. The van der Waals surface area contributed by atoms with Gasteiger partial charge in [0.25, 0.3) is 11.8 Å². The van der Waals surface area contributed by atoms with Crippen molar-refractivity contribution in [3.8, 4) is 5.75 Å². The van der Waals surface area contributed by atoms with Crippen LogP contribution in [-0.2, 0) is 4.74 Å². The van der Waals surface area contributed by atoms with E-state index in [0.717, 1.165) is 51.5 Å². The number of anilines is 1. The maximum absolute atomic E-state index is 13.5. The van der Waals surface area contributed by atoms with Gasteiger partial charge in [0.1, 0.15) is 11.6 Å². The summed E-state index contributed by atoms with van der Waals surface area (Å²) in [5, 5.41) is 0. The molecule has 1 spiro atoms. The van der Waals surface area contributed by atoms with Crippen molar-refractivity contribution < 1.29 is 19.1 Å². The second kappa shape index (κ2) is 10.9. The Bertz CT molecular complexity index is 1080. The molecule has 1 aromatic carbocycles. The third-order valence-electron chi connectivity index (χ3n) is 7.98. The maximum atomic E-state index is 13.5. The second-order valence-electron chi connectivity index (χ2n) is 10.4. The van der Waals surface area contributed by atoms with Gasteiger partial charge in [-0.1, -0.05) is 18.6 Å². The predicted molar refractivity (Wildman–Crippen MR) is 137 cm³/mol. The number of pyridine rings is 1. The molecule has 3 aliphatic heterocycles. The number of aromatic nitrogens is 1. The molecule has 3 aliphatic rings. The van der Waals surface area contributed by atoms with Crippen molar-refractivity contribution in [2.45, 2.75) is 51.0 Å². The number of fused-ring (bicyclic) bond motifs is 2. The number of likely N-dealkylation sites (tertiary alicyclic amines) is 1. The normalized spacial score (nSPS) is 22.9. The van der Waals surface area contributed by atoms with E-state index in [-0.39, 0.29) is 23.3 Å². The van der Waals surface area contributed by atoms with Crippen molar-refractivity contribution in [1.82, 2.24) is 14.8 Å². The molecule has 1 aromatic heterocycles. The van der Waals surface area contributed by atoms with Crippen molar-refractivity contribution in [2.24, 2.45) is 5.41 Å². The van der Waals surface area contributed by atoms with Crippen LogP contribution in [0, 0.1) is 5.41 Å². The molecular weight excluding hydrogens is 456 g/mol. The first-order valence-electron chi connectivity index (χ1n) is 13.2. The van der Waals surface area contributed by atoms with Crippen molar-refractivity contribution in [3.63, 3.8) is 0 Å². The molecule has 0 saturated carbocycles. The minimum absolute atomic E-state index is 0.00901. The van der Waals surface area contributed by atoms with Gasteiger partial charge in [0.2, 0.25) is 0 Å². The molecule has 5 rings (SSSR count). The molecule has 2 fully saturated rings. The first kappa shape index (κ1) is 24.6. The fraction of sp³-hybridized carbons (Fsp3) is 0.536. The van der Waals surface area contributed by atoms with Gasteiger partial charge in [0, 0.05) is 43.4 Å². The number of carbonyl (C=O) groups excluding carboxylic acids is 2. The Balaban J connectivity index is 1.32. The first-order valence-corrected chi connectivity index (χ1v) is 13.2. The lowest BCUT2D eigenvalue weighted by molar-refractivity contribution is 0.0303. The van der Waals surface area contributed by atoms with E-state index < -0.39 is 0 Å². The lowest BCUT2D eigenvalue weighted by atomic mass is 9.75. The van der Waals surface area contributed by atoms with Crippen molar-refractivity contribution in [1.29, 1.82) is 0 Å². The molecule has 4 heterocycles. The topological polar surface area (TPSA) is 98.0 Å². The van der Waals surface area contributed by atoms with E-state index >= 15 is 0 Å². The van der Waals surface area contributed by atoms with E-state index in [1.165, 1.54) is 0 Å². The van der Waals surface area contributed by atoms with Crippen LogP contribution in [0.2, 0.25) is 0 Å². The number of benzene rings is 1. The molecule has 192 valence electrons. The molecule has 2 N–H and O–H groups in total. The Kier molecular flexibility index (Phi) is 7.41. The molecule has 2 saturated heterocycles. The van der Waals surface area contributed by atoms with Crippen LogP contribution < -0.4 is 10.5 Å². The number of nitrogens with zero attached hydrogens (tertiary/aromatic N) is 3. The number of para-hydroxylation sites is 1. The third-order valence-corrected chi connectivity index (χ3v) is 7.98. The van der Waals surface area contributed by atoms with Crippen LogP contribution in [-0.4, -0.2) is 72.1 Å². The smallest absolute Gasteiger partial charge is 0.257 e. The summed E-state index contributed by atoms with van der Waals surface area (Å²) in [6, 6.07) is 11.1. The summed E-state index contributed by atoms with van der Waals surface area (Å²) in [5.74, 6) is 1.02. The highest BCUT2D eigenvalue weighted by Gasteiger charge is 2.38. The fourth-order valence-electron chi connectivity index (χ4n) is 5.77. The van der Waals surface area contributed by atoms with Crippen molar-refractivity contribution in [3.05, 3.63) is 53.7 Å². The number of hydrogen-bond acceptors (Lipinski definition) is 6. The summed E-state index contributed by atoms with van der Waals surface area (Å²) >= 11 is 0. The van der Waals surface area contributed by atoms with E-state index in [4.69, 9.17) is 15.2 Å². The number of nitrogen functional groups attached to an aromatic ring is 1. The minimum Gasteiger partial charge on any atom is -0.492 e. The Morgan fingerprint density at radius 1 is 1.06 bits per heavy atom. The zero-order valence-corrected chi connectivity index (χ0v) is 20.9. The van der Waals surface area contributed by atoms with Gasteiger partial charge in [-0.15, -0.1) is 0 Å². The third kappa shape index (κ3) is 5.33. The lowest BCUT2D eigenvalue weighted by Crippen LogP contribution is -2.45. The van der Waals surface area contributed by atoms with Gasteiger partial charge in [-0.3, -0.25) is 9.59 Å². The zero-order chi connectivity index (χ0) is 25.0. The molecule has 0 bridgehead atoms. The average Bonchev–Trinajstić information content (AvgIpc) is 3.37. The van der Waals surface area contributed by atoms with E-state index in [2.05, 4.69) is 4.98 Å². The number of nitrogens with two attached hydrogens (primary N) is 1. The molecule has 2 amide bonds. The van der Waals surface area contributed by atoms with Gasteiger partial charge in [-0.25, -0.2) is 4.98 Å². The maximum Gasteiger partial charge on any atom is 0.257 e. The summed E-state index contributed by atoms with van der Waals surface area (Å²) in [6.07, 6.45) is 8.31. The lowest BCUT2D eigenvalue weighted by Gasteiger charge is -2.42. The monoisotopic (exact) mass is 492 g/mol.